The molecule has 1 saturated carbocycles. The maximum atomic E-state index is 13.2. The average Bonchev–Trinajstić information content (AvgIpc) is 3.39. The van der Waals surface area contributed by atoms with Gasteiger partial charge in [-0.3, -0.25) is 9.78 Å². The van der Waals surface area contributed by atoms with E-state index in [9.17, 15) is 4.79 Å². The van der Waals surface area contributed by atoms with Crippen LogP contribution in [-0.2, 0) is 0 Å². The van der Waals surface area contributed by atoms with Gasteiger partial charge in [0, 0.05) is 47.6 Å². The van der Waals surface area contributed by atoms with Gasteiger partial charge in [0.2, 0.25) is 0 Å². The first kappa shape index (κ1) is 20.4. The van der Waals surface area contributed by atoms with Gasteiger partial charge >= 0.3 is 0 Å². The van der Waals surface area contributed by atoms with Crippen LogP contribution in [0.2, 0.25) is 0 Å². The van der Waals surface area contributed by atoms with Crippen molar-refractivity contribution in [1.29, 1.82) is 0 Å². The predicted molar refractivity (Wildman–Crippen MR) is 109 cm³/mol. The fourth-order valence-corrected chi connectivity index (χ4v) is 3.77. The number of carbonyl (C=O) groups excluding carboxylic acids is 1. The molecule has 0 spiro atoms. The zero-order valence-corrected chi connectivity index (χ0v) is 17.3. The quantitative estimate of drug-likeness (QED) is 0.755. The smallest absolute Gasteiger partial charge is 0.254 e. The molecule has 4 rings (SSSR count). The van der Waals surface area contributed by atoms with Crippen molar-refractivity contribution in [3.8, 4) is 0 Å². The Hall–Kier alpha value is -0.880. The molecule has 0 unspecified atom stereocenters. The van der Waals surface area contributed by atoms with Crippen molar-refractivity contribution in [1.82, 2.24) is 15.2 Å². The fourth-order valence-electron chi connectivity index (χ4n) is 3.41. The number of carbonyl (C=O) groups is 1. The normalized spacial score (nSPS) is 17.0. The standard InChI is InChI=1S/C18H20BrN3O.2ClH/c1-11-16(18(23)22-8-6-20-7-9-22)14-10-13(19)4-5-15(14)21-17(11)12-2-3-12;;/h4-5,10,12,20H,2-3,6-9H2,1H3;2*1H. The lowest BCUT2D eigenvalue weighted by molar-refractivity contribution is 0.0737. The first-order valence-electron chi connectivity index (χ1n) is 8.25. The third kappa shape index (κ3) is 3.95. The first-order chi connectivity index (χ1) is 11.1. The second-order valence-corrected chi connectivity index (χ2v) is 7.39. The molecule has 136 valence electrons. The van der Waals surface area contributed by atoms with Gasteiger partial charge in [0.15, 0.2) is 0 Å². The van der Waals surface area contributed by atoms with Gasteiger partial charge in [-0.25, -0.2) is 0 Å². The van der Waals surface area contributed by atoms with Crippen LogP contribution in [0.5, 0.6) is 0 Å². The summed E-state index contributed by atoms with van der Waals surface area (Å²) in [6, 6.07) is 6.04. The third-order valence-corrected chi connectivity index (χ3v) is 5.30. The molecule has 2 aliphatic rings. The van der Waals surface area contributed by atoms with Crippen LogP contribution in [0.1, 0.15) is 40.4 Å². The predicted octanol–water partition coefficient (Wildman–Crippen LogP) is 4.07. The Morgan fingerprint density at radius 1 is 1.24 bits per heavy atom. The van der Waals surface area contributed by atoms with Gasteiger partial charge in [-0.05, 0) is 43.5 Å². The largest absolute Gasteiger partial charge is 0.336 e. The number of aromatic nitrogens is 1. The average molecular weight is 447 g/mol. The Morgan fingerprint density at radius 3 is 2.56 bits per heavy atom. The van der Waals surface area contributed by atoms with Crippen LogP contribution in [-0.4, -0.2) is 42.0 Å². The first-order valence-corrected chi connectivity index (χ1v) is 9.04. The molecule has 1 N–H and O–H groups in total. The molecule has 0 radical (unpaired) electrons. The second kappa shape index (κ2) is 8.21. The summed E-state index contributed by atoms with van der Waals surface area (Å²) in [7, 11) is 0. The Morgan fingerprint density at radius 2 is 1.92 bits per heavy atom. The van der Waals surface area contributed by atoms with E-state index in [0.717, 1.165) is 58.4 Å². The highest BCUT2D eigenvalue weighted by molar-refractivity contribution is 9.10. The van der Waals surface area contributed by atoms with Gasteiger partial charge < -0.3 is 10.2 Å². The van der Waals surface area contributed by atoms with Crippen LogP contribution in [0.4, 0.5) is 0 Å². The molecule has 2 fully saturated rings. The molecule has 1 aromatic heterocycles. The molecule has 0 bridgehead atoms. The second-order valence-electron chi connectivity index (χ2n) is 6.47. The summed E-state index contributed by atoms with van der Waals surface area (Å²) >= 11 is 3.53. The van der Waals surface area contributed by atoms with Crippen molar-refractivity contribution < 1.29 is 4.79 Å². The van der Waals surface area contributed by atoms with Gasteiger partial charge in [0.25, 0.3) is 5.91 Å². The van der Waals surface area contributed by atoms with Gasteiger partial charge in [-0.1, -0.05) is 15.9 Å². The molecular weight excluding hydrogens is 425 g/mol. The number of nitrogens with one attached hydrogen (secondary N) is 1. The number of benzene rings is 1. The Kier molecular flexibility index (Phi) is 6.71. The topological polar surface area (TPSA) is 45.2 Å². The van der Waals surface area contributed by atoms with Crippen molar-refractivity contribution in [2.45, 2.75) is 25.7 Å². The van der Waals surface area contributed by atoms with Crippen LogP contribution in [0.25, 0.3) is 10.9 Å². The summed E-state index contributed by atoms with van der Waals surface area (Å²) in [4.78, 5) is 20.0. The molecule has 2 aromatic rings. The Balaban J connectivity index is 0.00000113. The number of hydrogen-bond donors (Lipinski definition) is 1. The summed E-state index contributed by atoms with van der Waals surface area (Å²) < 4.78 is 0.986. The zero-order valence-electron chi connectivity index (χ0n) is 14.0. The Labute approximate surface area is 168 Å². The van der Waals surface area contributed by atoms with E-state index >= 15 is 0 Å². The molecule has 25 heavy (non-hydrogen) atoms. The number of amides is 1. The Bertz CT molecular complexity index is 789. The maximum Gasteiger partial charge on any atom is 0.254 e. The molecule has 1 saturated heterocycles. The van der Waals surface area contributed by atoms with Crippen LogP contribution in [0.15, 0.2) is 22.7 Å². The monoisotopic (exact) mass is 445 g/mol. The van der Waals surface area contributed by atoms with Gasteiger partial charge in [-0.2, -0.15) is 0 Å². The summed E-state index contributed by atoms with van der Waals surface area (Å²) in [5.41, 5.74) is 3.97. The van der Waals surface area contributed by atoms with E-state index in [1.54, 1.807) is 0 Å². The molecule has 7 heteroatoms. The lowest BCUT2D eigenvalue weighted by Gasteiger charge is -2.28. The number of nitrogens with zero attached hydrogens (tertiary/aromatic N) is 2. The van der Waals surface area contributed by atoms with Crippen molar-refractivity contribution in [3.63, 3.8) is 0 Å². The molecule has 1 aliphatic heterocycles. The van der Waals surface area contributed by atoms with Crippen LogP contribution < -0.4 is 5.32 Å². The van der Waals surface area contributed by atoms with E-state index < -0.39 is 0 Å². The van der Waals surface area contributed by atoms with E-state index in [1.165, 1.54) is 12.8 Å². The summed E-state index contributed by atoms with van der Waals surface area (Å²) in [6.07, 6.45) is 2.38. The molecule has 4 nitrogen and oxygen atoms in total. The number of rotatable bonds is 2. The minimum absolute atomic E-state index is 0. The highest BCUT2D eigenvalue weighted by Crippen LogP contribution is 2.42. The third-order valence-electron chi connectivity index (χ3n) is 4.81. The van der Waals surface area contributed by atoms with E-state index in [2.05, 4.69) is 28.2 Å². The van der Waals surface area contributed by atoms with E-state index in [0.29, 0.717) is 5.92 Å². The highest BCUT2D eigenvalue weighted by atomic mass is 79.9. The van der Waals surface area contributed by atoms with Crippen molar-refractivity contribution in [2.24, 2.45) is 0 Å². The van der Waals surface area contributed by atoms with E-state index in [1.807, 2.05) is 23.1 Å². The number of halogens is 3. The minimum atomic E-state index is 0. The zero-order chi connectivity index (χ0) is 16.0. The highest BCUT2D eigenvalue weighted by Gasteiger charge is 2.31. The number of pyridine rings is 1. The van der Waals surface area contributed by atoms with Gasteiger partial charge in [0.1, 0.15) is 0 Å². The van der Waals surface area contributed by atoms with Crippen LogP contribution >= 0.6 is 40.7 Å². The molecule has 2 heterocycles. The molecule has 0 atom stereocenters. The van der Waals surface area contributed by atoms with Crippen molar-refractivity contribution in [2.75, 3.05) is 26.2 Å². The molecule has 1 amide bonds. The van der Waals surface area contributed by atoms with E-state index in [4.69, 9.17) is 4.98 Å². The van der Waals surface area contributed by atoms with Crippen molar-refractivity contribution >= 4 is 57.6 Å². The number of piperazine rings is 1. The molecule has 1 aliphatic carbocycles. The van der Waals surface area contributed by atoms with Crippen LogP contribution in [0, 0.1) is 6.92 Å². The SMILES string of the molecule is Cc1c(C2CC2)nc2ccc(Br)cc2c1C(=O)N1CCNCC1.Cl.Cl. The lowest BCUT2D eigenvalue weighted by Crippen LogP contribution is -2.46. The van der Waals surface area contributed by atoms with Gasteiger partial charge in [0.05, 0.1) is 11.1 Å². The number of hydrogen-bond acceptors (Lipinski definition) is 3. The van der Waals surface area contributed by atoms with Crippen molar-refractivity contribution in [3.05, 3.63) is 39.5 Å². The van der Waals surface area contributed by atoms with Crippen LogP contribution in [0.3, 0.4) is 0 Å². The number of fused-ring (bicyclic) bond motifs is 1. The lowest BCUT2D eigenvalue weighted by atomic mass is 9.98. The summed E-state index contributed by atoms with van der Waals surface area (Å²) in [5.74, 6) is 0.689. The molecule has 1 aromatic carbocycles. The minimum Gasteiger partial charge on any atom is -0.336 e. The summed E-state index contributed by atoms with van der Waals surface area (Å²) in [5, 5.41) is 4.27. The van der Waals surface area contributed by atoms with Gasteiger partial charge in [-0.15, -0.1) is 24.8 Å². The molecular formula is C18H22BrCl2N3O. The van der Waals surface area contributed by atoms with E-state index in [-0.39, 0.29) is 30.7 Å². The fraction of sp³-hybridized carbons (Fsp3) is 0.444. The summed E-state index contributed by atoms with van der Waals surface area (Å²) in [6.45, 7) is 5.35. The maximum absolute atomic E-state index is 13.2.